The molecule has 0 aliphatic carbocycles. The highest BCUT2D eigenvalue weighted by atomic mass is 32.1. The molecule has 0 fully saturated rings. The largest absolute Gasteiger partial charge is 0.505 e. The topological polar surface area (TPSA) is 121 Å². The molecular formula is C16H16N4O3S. The van der Waals surface area contributed by atoms with Gasteiger partial charge in [-0.15, -0.1) is 0 Å². The molecule has 0 aliphatic heterocycles. The number of benzene rings is 1. The zero-order valence-electron chi connectivity index (χ0n) is 12.9. The van der Waals surface area contributed by atoms with Gasteiger partial charge in [-0.2, -0.15) is 5.10 Å². The van der Waals surface area contributed by atoms with E-state index in [9.17, 15) is 15.0 Å². The Morgan fingerprint density at radius 1 is 1.42 bits per heavy atom. The maximum Gasteiger partial charge on any atom is 0.197 e. The predicted molar refractivity (Wildman–Crippen MR) is 94.0 cm³/mol. The molecular weight excluding hydrogens is 328 g/mol. The number of aliphatic hydroxyl groups is 1. The highest BCUT2D eigenvalue weighted by Gasteiger charge is 2.20. The van der Waals surface area contributed by atoms with E-state index < -0.39 is 12.4 Å². The van der Waals surface area contributed by atoms with Gasteiger partial charge in [0.1, 0.15) is 5.75 Å². The number of carbonyl (C=O) groups is 1. The molecule has 0 amide bonds. The first-order chi connectivity index (χ1) is 11.4. The lowest BCUT2D eigenvalue weighted by molar-refractivity contribution is 0.103. The average molecular weight is 344 g/mol. The second-order valence-corrected chi connectivity index (χ2v) is 5.38. The van der Waals surface area contributed by atoms with E-state index in [1.54, 1.807) is 31.2 Å². The quantitative estimate of drug-likeness (QED) is 0.276. The first kappa shape index (κ1) is 17.5. The zero-order chi connectivity index (χ0) is 17.7. The summed E-state index contributed by atoms with van der Waals surface area (Å²) in [5.74, 6) is -0.621. The van der Waals surface area contributed by atoms with Crippen molar-refractivity contribution in [2.75, 3.05) is 0 Å². The number of pyridine rings is 1. The summed E-state index contributed by atoms with van der Waals surface area (Å²) in [4.78, 5) is 16.6. The Hall–Kier alpha value is -2.84. The lowest BCUT2D eigenvalue weighted by atomic mass is 9.97. The summed E-state index contributed by atoms with van der Waals surface area (Å²) in [6, 6.07) is 6.56. The van der Waals surface area contributed by atoms with Crippen LogP contribution in [0.4, 0.5) is 0 Å². The van der Waals surface area contributed by atoms with Gasteiger partial charge in [0, 0.05) is 17.3 Å². The number of hydrazone groups is 1. The molecule has 2 rings (SSSR count). The van der Waals surface area contributed by atoms with Crippen LogP contribution >= 0.6 is 12.2 Å². The van der Waals surface area contributed by atoms with Gasteiger partial charge in [0.25, 0.3) is 0 Å². The number of hydrogen-bond acceptors (Lipinski definition) is 6. The Balaban J connectivity index is 2.30. The number of aromatic nitrogens is 1. The van der Waals surface area contributed by atoms with Gasteiger partial charge in [0.15, 0.2) is 10.9 Å². The van der Waals surface area contributed by atoms with Gasteiger partial charge in [-0.3, -0.25) is 15.2 Å². The van der Waals surface area contributed by atoms with E-state index in [-0.39, 0.29) is 22.0 Å². The summed E-state index contributed by atoms with van der Waals surface area (Å²) in [5, 5.41) is 23.4. The Kier molecular flexibility index (Phi) is 5.56. The third-order valence-electron chi connectivity index (χ3n) is 3.27. The molecule has 0 bridgehead atoms. The SMILES string of the molecule is Cc1ncc(CO)c(C(=O)c2ccc(/C=N/NC(N)=S)cc2)c1O. The fourth-order valence-electron chi connectivity index (χ4n) is 2.04. The van der Waals surface area contributed by atoms with E-state index in [1.165, 1.54) is 12.4 Å². The Bertz CT molecular complexity index is 804. The molecule has 2 aromatic rings. The van der Waals surface area contributed by atoms with Crippen molar-refractivity contribution in [2.45, 2.75) is 13.5 Å². The Labute approximate surface area is 143 Å². The normalized spacial score (nSPS) is 10.8. The van der Waals surface area contributed by atoms with Gasteiger partial charge in [-0.25, -0.2) is 0 Å². The Morgan fingerprint density at radius 2 is 2.08 bits per heavy atom. The molecule has 0 aliphatic rings. The predicted octanol–water partition coefficient (Wildman–Crippen LogP) is 0.986. The summed E-state index contributed by atoms with van der Waals surface area (Å²) in [6.45, 7) is 1.19. The summed E-state index contributed by atoms with van der Waals surface area (Å²) in [5.41, 5.74) is 9.43. The number of carbonyl (C=O) groups excluding carboxylic acids is 1. The van der Waals surface area contributed by atoms with Gasteiger partial charge < -0.3 is 15.9 Å². The molecule has 1 aromatic carbocycles. The summed E-state index contributed by atoms with van der Waals surface area (Å²) < 4.78 is 0. The van der Waals surface area contributed by atoms with Gasteiger partial charge in [-0.1, -0.05) is 24.3 Å². The minimum absolute atomic E-state index is 0.0538. The first-order valence-electron chi connectivity index (χ1n) is 6.95. The molecule has 0 saturated carbocycles. The van der Waals surface area contributed by atoms with Crippen molar-refractivity contribution < 1.29 is 15.0 Å². The number of aliphatic hydroxyl groups excluding tert-OH is 1. The molecule has 7 nitrogen and oxygen atoms in total. The molecule has 8 heteroatoms. The van der Waals surface area contributed by atoms with Gasteiger partial charge >= 0.3 is 0 Å². The number of aromatic hydroxyl groups is 1. The van der Waals surface area contributed by atoms with Crippen LogP contribution in [0.1, 0.15) is 32.7 Å². The summed E-state index contributed by atoms with van der Waals surface area (Å²) in [6.07, 6.45) is 2.88. The molecule has 1 heterocycles. The van der Waals surface area contributed by atoms with Gasteiger partial charge in [-0.05, 0) is 24.7 Å². The van der Waals surface area contributed by atoms with Crippen LogP contribution in [0.15, 0.2) is 35.6 Å². The third kappa shape index (κ3) is 3.92. The lowest BCUT2D eigenvalue weighted by Crippen LogP contribution is -2.23. The number of nitrogens with zero attached hydrogens (tertiary/aromatic N) is 2. The molecule has 24 heavy (non-hydrogen) atoms. The third-order valence-corrected chi connectivity index (χ3v) is 3.36. The molecule has 1 aromatic heterocycles. The number of nitrogens with two attached hydrogens (primary N) is 1. The summed E-state index contributed by atoms with van der Waals surface area (Å²) in [7, 11) is 0. The highest BCUT2D eigenvalue weighted by Crippen LogP contribution is 2.26. The first-order valence-corrected chi connectivity index (χ1v) is 7.36. The van der Waals surface area contributed by atoms with Crippen molar-refractivity contribution in [1.29, 1.82) is 0 Å². The fourth-order valence-corrected chi connectivity index (χ4v) is 2.09. The van der Waals surface area contributed by atoms with Crippen LogP contribution in [-0.2, 0) is 6.61 Å². The number of rotatable bonds is 5. The van der Waals surface area contributed by atoms with Crippen LogP contribution in [0.2, 0.25) is 0 Å². The maximum atomic E-state index is 12.6. The number of ketones is 1. The second kappa shape index (κ2) is 7.62. The minimum Gasteiger partial charge on any atom is -0.505 e. The lowest BCUT2D eigenvalue weighted by Gasteiger charge is -2.10. The standard InChI is InChI=1S/C16H16N4O3S/c1-9-14(22)13(12(8-21)7-18-9)15(23)11-4-2-10(3-5-11)6-19-20-16(17)24/h2-7,21-22H,8H2,1H3,(H3,17,20,24)/b19-6+. The second-order valence-electron chi connectivity index (χ2n) is 4.94. The van der Waals surface area contributed by atoms with Gasteiger partial charge in [0.05, 0.1) is 24.1 Å². The van der Waals surface area contributed by atoms with E-state index in [1.807, 2.05) is 0 Å². The van der Waals surface area contributed by atoms with Crippen molar-refractivity contribution >= 4 is 29.3 Å². The van der Waals surface area contributed by atoms with Crippen LogP contribution in [0.5, 0.6) is 5.75 Å². The molecule has 0 spiro atoms. The van der Waals surface area contributed by atoms with Crippen LogP contribution < -0.4 is 11.2 Å². The van der Waals surface area contributed by atoms with Crippen molar-refractivity contribution in [1.82, 2.24) is 10.4 Å². The van der Waals surface area contributed by atoms with E-state index in [2.05, 4.69) is 27.7 Å². The van der Waals surface area contributed by atoms with Gasteiger partial charge in [0.2, 0.25) is 0 Å². The molecule has 5 N–H and O–H groups in total. The van der Waals surface area contributed by atoms with Crippen LogP contribution in [0.3, 0.4) is 0 Å². The van der Waals surface area contributed by atoms with E-state index in [0.717, 1.165) is 5.56 Å². The van der Waals surface area contributed by atoms with Crippen LogP contribution in [0.25, 0.3) is 0 Å². The smallest absolute Gasteiger partial charge is 0.197 e. The number of nitrogens with one attached hydrogen (secondary N) is 1. The molecule has 0 atom stereocenters. The maximum absolute atomic E-state index is 12.6. The fraction of sp³-hybridized carbons (Fsp3) is 0.125. The van der Waals surface area contributed by atoms with E-state index >= 15 is 0 Å². The highest BCUT2D eigenvalue weighted by molar-refractivity contribution is 7.80. The molecule has 0 radical (unpaired) electrons. The Morgan fingerprint density at radius 3 is 2.67 bits per heavy atom. The van der Waals surface area contributed by atoms with Crippen molar-refractivity contribution in [2.24, 2.45) is 10.8 Å². The van der Waals surface area contributed by atoms with Crippen molar-refractivity contribution in [3.05, 3.63) is 58.4 Å². The average Bonchev–Trinajstić information content (AvgIpc) is 2.57. The van der Waals surface area contributed by atoms with Crippen molar-refractivity contribution in [3.63, 3.8) is 0 Å². The van der Waals surface area contributed by atoms with Crippen LogP contribution in [0, 0.1) is 6.92 Å². The minimum atomic E-state index is -0.396. The molecule has 0 saturated heterocycles. The number of aryl methyl sites for hydroxylation is 1. The van der Waals surface area contributed by atoms with E-state index in [4.69, 9.17) is 5.73 Å². The molecule has 0 unspecified atom stereocenters. The summed E-state index contributed by atoms with van der Waals surface area (Å²) >= 11 is 4.63. The monoisotopic (exact) mass is 344 g/mol. The molecule has 124 valence electrons. The zero-order valence-corrected chi connectivity index (χ0v) is 13.7. The number of hydrogen-bond donors (Lipinski definition) is 4. The van der Waals surface area contributed by atoms with E-state index in [0.29, 0.717) is 11.3 Å². The number of thiocarbonyl (C=S) groups is 1. The van der Waals surface area contributed by atoms with Crippen molar-refractivity contribution in [3.8, 4) is 5.75 Å². The van der Waals surface area contributed by atoms with Crippen LogP contribution in [-0.4, -0.2) is 32.3 Å².